The number of fused-ring (bicyclic) bond motifs is 1. The molecule has 6 nitrogen and oxygen atoms in total. The van der Waals surface area contributed by atoms with Gasteiger partial charge in [0.25, 0.3) is 11.8 Å². The van der Waals surface area contributed by atoms with Crippen molar-refractivity contribution in [1.29, 1.82) is 0 Å². The predicted molar refractivity (Wildman–Crippen MR) is 147 cm³/mol. The fourth-order valence-electron chi connectivity index (χ4n) is 3.65. The summed E-state index contributed by atoms with van der Waals surface area (Å²) in [6, 6.07) is 23.9. The lowest BCUT2D eigenvalue weighted by molar-refractivity contribution is 0.0973. The molecule has 8 heteroatoms. The fraction of sp³-hybridized carbons (Fsp3) is 0.0741. The Balaban J connectivity index is 1.45. The van der Waals surface area contributed by atoms with Crippen molar-refractivity contribution in [2.75, 3.05) is 17.7 Å². The van der Waals surface area contributed by atoms with Crippen LogP contribution in [0.2, 0.25) is 0 Å². The van der Waals surface area contributed by atoms with E-state index in [1.807, 2.05) is 55.5 Å². The molecule has 0 saturated heterocycles. The highest BCUT2D eigenvalue weighted by Crippen LogP contribution is 2.36. The summed E-state index contributed by atoms with van der Waals surface area (Å²) in [6.07, 6.45) is 0. The van der Waals surface area contributed by atoms with Gasteiger partial charge in [0.2, 0.25) is 0 Å². The first-order chi connectivity index (χ1) is 16.9. The third kappa shape index (κ3) is 5.50. The van der Waals surface area contributed by atoms with Crippen LogP contribution in [0, 0.1) is 6.92 Å². The van der Waals surface area contributed by atoms with Crippen LogP contribution >= 0.6 is 28.1 Å². The first-order valence-electron chi connectivity index (χ1n) is 10.7. The van der Waals surface area contributed by atoms with E-state index in [2.05, 4.69) is 31.9 Å². The van der Waals surface area contributed by atoms with Gasteiger partial charge in [-0.25, -0.2) is 0 Å². The maximum atomic E-state index is 13.0. The van der Waals surface area contributed by atoms with Gasteiger partial charge in [0.1, 0.15) is 5.75 Å². The van der Waals surface area contributed by atoms with Crippen LogP contribution in [0.5, 0.6) is 5.75 Å². The molecule has 0 saturated carbocycles. The molecule has 0 bridgehead atoms. The van der Waals surface area contributed by atoms with Crippen LogP contribution in [0.1, 0.15) is 26.3 Å². The van der Waals surface area contributed by atoms with Crippen molar-refractivity contribution in [3.05, 3.63) is 100 Å². The Bertz CT molecular complexity index is 1440. The van der Waals surface area contributed by atoms with Crippen molar-refractivity contribution in [2.45, 2.75) is 6.92 Å². The zero-order valence-corrected chi connectivity index (χ0v) is 21.4. The molecule has 0 aliphatic heterocycles. The lowest BCUT2D eigenvalue weighted by Crippen LogP contribution is -2.34. The van der Waals surface area contributed by atoms with Gasteiger partial charge in [-0.1, -0.05) is 42.5 Å². The molecule has 0 aliphatic rings. The number of nitrogens with one attached hydrogen (secondary N) is 3. The van der Waals surface area contributed by atoms with E-state index in [0.717, 1.165) is 16.3 Å². The minimum Gasteiger partial charge on any atom is -0.495 e. The Kier molecular flexibility index (Phi) is 7.43. The molecule has 4 rings (SSSR count). The van der Waals surface area contributed by atoms with Crippen LogP contribution in [-0.4, -0.2) is 24.0 Å². The van der Waals surface area contributed by atoms with Crippen LogP contribution in [0.25, 0.3) is 10.8 Å². The Labute approximate surface area is 216 Å². The van der Waals surface area contributed by atoms with Crippen molar-refractivity contribution >= 4 is 67.2 Å². The number of amides is 2. The highest BCUT2D eigenvalue weighted by atomic mass is 79.9. The number of aryl methyl sites for hydroxylation is 1. The lowest BCUT2D eigenvalue weighted by Gasteiger charge is -2.15. The lowest BCUT2D eigenvalue weighted by atomic mass is 10.1. The fourth-order valence-corrected chi connectivity index (χ4v) is 4.60. The Hall–Kier alpha value is -3.75. The highest BCUT2D eigenvalue weighted by molar-refractivity contribution is 9.10. The molecule has 0 unspecified atom stereocenters. The number of hydrogen-bond acceptors (Lipinski definition) is 4. The zero-order chi connectivity index (χ0) is 24.9. The van der Waals surface area contributed by atoms with Gasteiger partial charge in [-0.2, -0.15) is 0 Å². The largest absolute Gasteiger partial charge is 0.495 e. The summed E-state index contributed by atoms with van der Waals surface area (Å²) in [6.45, 7) is 1.88. The molecular formula is C27H22BrN3O3S. The number of carbonyl (C=O) groups excluding carboxylic acids is 2. The third-order valence-electron chi connectivity index (χ3n) is 5.39. The Morgan fingerprint density at radius 3 is 2.31 bits per heavy atom. The number of anilines is 2. The van der Waals surface area contributed by atoms with E-state index >= 15 is 0 Å². The number of methoxy groups -OCH3 is 1. The van der Waals surface area contributed by atoms with Crippen molar-refractivity contribution < 1.29 is 14.3 Å². The maximum Gasteiger partial charge on any atom is 0.261 e. The third-order valence-corrected chi connectivity index (χ3v) is 6.38. The number of ether oxygens (including phenoxy) is 1. The molecule has 0 fully saturated rings. The van der Waals surface area contributed by atoms with Gasteiger partial charge in [0.05, 0.1) is 17.1 Å². The maximum absolute atomic E-state index is 13.0. The van der Waals surface area contributed by atoms with E-state index in [-0.39, 0.29) is 11.0 Å². The van der Waals surface area contributed by atoms with E-state index in [1.54, 1.807) is 30.3 Å². The minimum absolute atomic E-state index is 0.141. The summed E-state index contributed by atoms with van der Waals surface area (Å²) < 4.78 is 6.19. The topological polar surface area (TPSA) is 79.5 Å². The molecule has 4 aromatic rings. The number of rotatable bonds is 5. The summed E-state index contributed by atoms with van der Waals surface area (Å²) in [5, 5.41) is 10.6. The number of hydrogen-bond donors (Lipinski definition) is 3. The van der Waals surface area contributed by atoms with Gasteiger partial charge in [-0.15, -0.1) is 0 Å². The summed E-state index contributed by atoms with van der Waals surface area (Å²) in [5.41, 5.74) is 3.14. The number of carbonyl (C=O) groups is 2. The second-order valence-electron chi connectivity index (χ2n) is 7.75. The summed E-state index contributed by atoms with van der Waals surface area (Å²) in [7, 11) is 1.52. The first kappa shape index (κ1) is 24.4. The molecule has 0 aromatic heterocycles. The second kappa shape index (κ2) is 10.7. The quantitative estimate of drug-likeness (QED) is 0.255. The SMILES string of the molecule is COc1c(C(=O)NC(=S)Nc2ccc(NC(=O)c3ccccc3)c(C)c2)cc2ccccc2c1Br. The summed E-state index contributed by atoms with van der Waals surface area (Å²) in [4.78, 5) is 25.4. The van der Waals surface area contributed by atoms with Gasteiger partial charge in [-0.05, 0) is 87.8 Å². The van der Waals surface area contributed by atoms with E-state index < -0.39 is 5.91 Å². The average Bonchev–Trinajstić information content (AvgIpc) is 2.86. The second-order valence-corrected chi connectivity index (χ2v) is 8.95. The first-order valence-corrected chi connectivity index (χ1v) is 11.9. The molecule has 2 amide bonds. The molecule has 0 spiro atoms. The van der Waals surface area contributed by atoms with Gasteiger partial charge < -0.3 is 15.4 Å². The van der Waals surface area contributed by atoms with Crippen molar-refractivity contribution in [1.82, 2.24) is 5.32 Å². The van der Waals surface area contributed by atoms with Crippen LogP contribution in [0.4, 0.5) is 11.4 Å². The molecule has 0 radical (unpaired) electrons. The monoisotopic (exact) mass is 547 g/mol. The number of thiocarbonyl (C=S) groups is 1. The minimum atomic E-state index is -0.394. The van der Waals surface area contributed by atoms with Crippen LogP contribution in [0.3, 0.4) is 0 Å². The molecule has 0 heterocycles. The summed E-state index contributed by atoms with van der Waals surface area (Å²) >= 11 is 8.91. The van der Waals surface area contributed by atoms with E-state index in [0.29, 0.717) is 32.7 Å². The molecule has 0 aliphatic carbocycles. The molecule has 0 atom stereocenters. The van der Waals surface area contributed by atoms with Gasteiger partial charge in [-0.3, -0.25) is 14.9 Å². The van der Waals surface area contributed by atoms with Crippen molar-refractivity contribution in [2.24, 2.45) is 0 Å². The molecule has 176 valence electrons. The van der Waals surface area contributed by atoms with E-state index in [4.69, 9.17) is 17.0 Å². The van der Waals surface area contributed by atoms with Gasteiger partial charge in [0.15, 0.2) is 5.11 Å². The predicted octanol–water partition coefficient (Wildman–Crippen LogP) is 6.30. The van der Waals surface area contributed by atoms with Gasteiger partial charge in [0, 0.05) is 16.9 Å². The Morgan fingerprint density at radius 1 is 0.886 bits per heavy atom. The van der Waals surface area contributed by atoms with E-state index in [9.17, 15) is 9.59 Å². The van der Waals surface area contributed by atoms with Crippen LogP contribution in [-0.2, 0) is 0 Å². The number of benzene rings is 4. The van der Waals surface area contributed by atoms with Crippen molar-refractivity contribution in [3.8, 4) is 5.75 Å². The Morgan fingerprint density at radius 2 is 1.60 bits per heavy atom. The smallest absolute Gasteiger partial charge is 0.261 e. The average molecular weight is 548 g/mol. The van der Waals surface area contributed by atoms with E-state index in [1.165, 1.54) is 7.11 Å². The molecular weight excluding hydrogens is 526 g/mol. The highest BCUT2D eigenvalue weighted by Gasteiger charge is 2.19. The standard InChI is InChI=1S/C27H22BrN3O3S/c1-16-14-19(12-13-22(16)30-25(32)17-8-4-3-5-9-17)29-27(35)31-26(33)21-15-18-10-6-7-11-20(18)23(28)24(21)34-2/h3-15H,1-2H3,(H,30,32)(H2,29,31,33,35). The van der Waals surface area contributed by atoms with Crippen LogP contribution < -0.4 is 20.7 Å². The number of halogens is 1. The van der Waals surface area contributed by atoms with Crippen LogP contribution in [0.15, 0.2) is 83.3 Å². The van der Waals surface area contributed by atoms with Gasteiger partial charge >= 0.3 is 0 Å². The molecule has 4 aromatic carbocycles. The zero-order valence-electron chi connectivity index (χ0n) is 19.0. The molecule has 35 heavy (non-hydrogen) atoms. The van der Waals surface area contributed by atoms with Crippen molar-refractivity contribution in [3.63, 3.8) is 0 Å². The normalized spacial score (nSPS) is 10.5. The molecule has 3 N–H and O–H groups in total. The summed E-state index contributed by atoms with van der Waals surface area (Å²) in [5.74, 6) is -0.152.